The van der Waals surface area contributed by atoms with E-state index in [1.165, 1.54) is 17.3 Å². The number of carbonyl (C=O) groups excluding carboxylic acids is 1. The van der Waals surface area contributed by atoms with Gasteiger partial charge >= 0.3 is 5.97 Å². The van der Waals surface area contributed by atoms with E-state index in [9.17, 15) is 14.7 Å². The molecule has 1 radical (unpaired) electrons. The van der Waals surface area contributed by atoms with Crippen LogP contribution < -0.4 is 5.32 Å². The van der Waals surface area contributed by atoms with Crippen LogP contribution in [0, 0.1) is 5.92 Å². The molecule has 1 atom stereocenters. The van der Waals surface area contributed by atoms with E-state index in [0.29, 0.717) is 5.69 Å². The van der Waals surface area contributed by atoms with Gasteiger partial charge < -0.3 is 10.4 Å². The van der Waals surface area contributed by atoms with Crippen molar-refractivity contribution in [1.82, 2.24) is 15.1 Å². The van der Waals surface area contributed by atoms with E-state index < -0.39 is 12.0 Å². The van der Waals surface area contributed by atoms with Gasteiger partial charge in [0, 0.05) is 32.1 Å². The van der Waals surface area contributed by atoms with Gasteiger partial charge in [-0.2, -0.15) is 5.10 Å². The van der Waals surface area contributed by atoms with Crippen LogP contribution in [0.1, 0.15) is 55.4 Å². The summed E-state index contributed by atoms with van der Waals surface area (Å²) in [5.41, 5.74) is 0.382. The molecule has 2 N–H and O–H groups in total. The number of carboxylic acid groups (broad SMARTS) is 1. The van der Waals surface area contributed by atoms with Crippen molar-refractivity contribution in [3.8, 4) is 0 Å². The van der Waals surface area contributed by atoms with Crippen LogP contribution in [0.3, 0.4) is 0 Å². The molecule has 1 aliphatic rings. The Balaban J connectivity index is 0.00000242. The fourth-order valence-electron chi connectivity index (χ4n) is 3.01. The minimum atomic E-state index is -0.948. The van der Waals surface area contributed by atoms with Gasteiger partial charge in [-0.05, 0) is 24.8 Å². The molecule has 0 spiro atoms. The molecule has 6 nitrogen and oxygen atoms in total. The van der Waals surface area contributed by atoms with Crippen molar-refractivity contribution in [3.05, 3.63) is 18.0 Å². The number of carboxylic acids is 1. The normalized spacial score (nSPS) is 17.7. The number of aromatic nitrogens is 2. The number of aliphatic carboxylic acids is 1. The monoisotopic (exact) mass is 300 g/mol. The fourth-order valence-corrected chi connectivity index (χ4v) is 3.01. The summed E-state index contributed by atoms with van der Waals surface area (Å²) in [5.74, 6) is -1.31. The summed E-state index contributed by atoms with van der Waals surface area (Å²) >= 11 is 0. The van der Waals surface area contributed by atoms with Crippen molar-refractivity contribution >= 4 is 30.7 Å². The Labute approximate surface area is 142 Å². The third kappa shape index (κ3) is 4.89. The van der Waals surface area contributed by atoms with E-state index in [2.05, 4.69) is 10.4 Å². The number of rotatable bonds is 4. The first-order chi connectivity index (χ1) is 10.1. The van der Waals surface area contributed by atoms with E-state index in [1.54, 1.807) is 13.1 Å². The van der Waals surface area contributed by atoms with Crippen molar-refractivity contribution in [2.45, 2.75) is 51.0 Å². The third-order valence-electron chi connectivity index (χ3n) is 4.23. The number of carbonyl (C=O) groups is 2. The molecular weight excluding hydrogens is 277 g/mol. The second kappa shape index (κ2) is 9.01. The molecule has 1 amide bonds. The number of nitrogens with zero attached hydrogens (tertiary/aromatic N) is 2. The van der Waals surface area contributed by atoms with Gasteiger partial charge in [-0.3, -0.25) is 9.48 Å². The summed E-state index contributed by atoms with van der Waals surface area (Å²) in [4.78, 5) is 23.8. The first kappa shape index (κ1) is 18.8. The van der Waals surface area contributed by atoms with Gasteiger partial charge in [0.15, 0.2) is 0 Å². The molecule has 1 saturated carbocycles. The summed E-state index contributed by atoms with van der Waals surface area (Å²) in [6.45, 7) is 0. The van der Waals surface area contributed by atoms with Gasteiger partial charge in [-0.25, -0.2) is 4.79 Å². The van der Waals surface area contributed by atoms with Crippen LogP contribution in [0.4, 0.5) is 0 Å². The van der Waals surface area contributed by atoms with E-state index in [-0.39, 0.29) is 30.7 Å². The first-order valence-electron chi connectivity index (χ1n) is 7.61. The number of amides is 1. The fraction of sp³-hybridized carbons (Fsp3) is 0.667. The predicted octanol–water partition coefficient (Wildman–Crippen LogP) is 1.58. The molecule has 7 heteroatoms. The smallest absolute Gasteiger partial charge is 0.326 e. The Kier molecular flexibility index (Phi) is 7.70. The molecule has 1 aliphatic carbocycles. The van der Waals surface area contributed by atoms with Crippen LogP contribution in [0.2, 0.25) is 0 Å². The third-order valence-corrected chi connectivity index (χ3v) is 4.23. The summed E-state index contributed by atoms with van der Waals surface area (Å²) < 4.78 is 1.45. The van der Waals surface area contributed by atoms with Crippen LogP contribution in [0.5, 0.6) is 0 Å². The van der Waals surface area contributed by atoms with E-state index in [4.69, 9.17) is 0 Å². The summed E-state index contributed by atoms with van der Waals surface area (Å²) in [5, 5.41) is 16.1. The molecule has 1 fully saturated rings. The minimum absolute atomic E-state index is 0. The molecule has 0 aliphatic heterocycles. The molecule has 1 aromatic heterocycles. The average Bonchev–Trinajstić information content (AvgIpc) is 2.82. The van der Waals surface area contributed by atoms with E-state index in [0.717, 1.165) is 38.5 Å². The maximum absolute atomic E-state index is 12.2. The molecule has 0 saturated heterocycles. The van der Waals surface area contributed by atoms with E-state index >= 15 is 0 Å². The second-order valence-corrected chi connectivity index (χ2v) is 5.73. The zero-order valence-electron chi connectivity index (χ0n) is 13.4. The summed E-state index contributed by atoms with van der Waals surface area (Å²) in [6, 6.07) is 0.775. The van der Waals surface area contributed by atoms with Gasteiger partial charge in [0.05, 0.1) is 0 Å². The molecule has 1 aromatic rings. The Morgan fingerprint density at radius 3 is 2.36 bits per heavy atom. The molecule has 2 rings (SSSR count). The number of hydrogen-bond acceptors (Lipinski definition) is 3. The van der Waals surface area contributed by atoms with Crippen molar-refractivity contribution < 1.29 is 14.7 Å². The van der Waals surface area contributed by atoms with Crippen LogP contribution in [0.15, 0.2) is 12.3 Å². The zero-order chi connectivity index (χ0) is 15.2. The van der Waals surface area contributed by atoms with Gasteiger partial charge in [0.1, 0.15) is 11.7 Å². The molecule has 0 aromatic carbocycles. The number of aryl methyl sites for hydroxylation is 1. The standard InChI is InChI=1S/C15H23N3O3.Li/c1-18-12(9-10-16-18)14(19)17-13(15(20)21)11-7-5-3-2-4-6-8-11;/h9-11,13H,2-8H2,1H3,(H,17,19)(H,20,21);. The SMILES string of the molecule is Cn1nccc1C(=O)NC(C(=O)O)C1CCCCCCC1.[Li]. The van der Waals surface area contributed by atoms with Crippen LogP contribution in [-0.4, -0.2) is 51.7 Å². The quantitative estimate of drug-likeness (QED) is 0.827. The van der Waals surface area contributed by atoms with Gasteiger partial charge in [0.2, 0.25) is 0 Å². The molecular formula is C15H23LiN3O3. The Hall–Kier alpha value is -1.25. The van der Waals surface area contributed by atoms with Gasteiger partial charge in [0.25, 0.3) is 5.91 Å². The largest absolute Gasteiger partial charge is 0.480 e. The van der Waals surface area contributed by atoms with Crippen LogP contribution in [0.25, 0.3) is 0 Å². The van der Waals surface area contributed by atoms with Gasteiger partial charge in [-0.1, -0.05) is 32.1 Å². The minimum Gasteiger partial charge on any atom is -0.480 e. The molecule has 0 bridgehead atoms. The van der Waals surface area contributed by atoms with Crippen molar-refractivity contribution in [2.24, 2.45) is 13.0 Å². The maximum atomic E-state index is 12.2. The van der Waals surface area contributed by atoms with Crippen LogP contribution in [-0.2, 0) is 11.8 Å². The number of hydrogen-bond donors (Lipinski definition) is 2. The van der Waals surface area contributed by atoms with Crippen molar-refractivity contribution in [2.75, 3.05) is 0 Å². The predicted molar refractivity (Wildman–Crippen MR) is 83.7 cm³/mol. The Bertz CT molecular complexity index is 496. The summed E-state index contributed by atoms with van der Waals surface area (Å²) in [7, 11) is 1.67. The maximum Gasteiger partial charge on any atom is 0.326 e. The summed E-state index contributed by atoms with van der Waals surface area (Å²) in [6.07, 6.45) is 8.86. The Morgan fingerprint density at radius 2 is 1.86 bits per heavy atom. The molecule has 117 valence electrons. The van der Waals surface area contributed by atoms with Crippen molar-refractivity contribution in [1.29, 1.82) is 0 Å². The van der Waals surface area contributed by atoms with Crippen LogP contribution >= 0.6 is 0 Å². The van der Waals surface area contributed by atoms with E-state index in [1.807, 2.05) is 0 Å². The Morgan fingerprint density at radius 1 is 1.27 bits per heavy atom. The van der Waals surface area contributed by atoms with Crippen molar-refractivity contribution in [3.63, 3.8) is 0 Å². The second-order valence-electron chi connectivity index (χ2n) is 5.73. The molecule has 1 unspecified atom stereocenters. The first-order valence-corrected chi connectivity index (χ1v) is 7.61. The number of nitrogens with one attached hydrogen (secondary N) is 1. The zero-order valence-corrected chi connectivity index (χ0v) is 13.4. The molecule has 1 heterocycles. The molecule has 22 heavy (non-hydrogen) atoms. The average molecular weight is 300 g/mol. The van der Waals surface area contributed by atoms with Gasteiger partial charge in [-0.15, -0.1) is 0 Å². The topological polar surface area (TPSA) is 84.2 Å².